The molecule has 1 unspecified atom stereocenters. The molecule has 168 valence electrons. The van der Waals surface area contributed by atoms with Crippen LogP contribution in [-0.4, -0.2) is 58.8 Å². The van der Waals surface area contributed by atoms with Crippen molar-refractivity contribution in [3.05, 3.63) is 71.6 Å². The first kappa shape index (κ1) is 21.9. The summed E-state index contributed by atoms with van der Waals surface area (Å²) in [5, 5.41) is 4.55. The Labute approximate surface area is 187 Å². The number of nitrogens with zero attached hydrogens (tertiary/aromatic N) is 6. The van der Waals surface area contributed by atoms with Crippen molar-refractivity contribution in [2.45, 2.75) is 32.4 Å². The lowest BCUT2D eigenvalue weighted by molar-refractivity contribution is 0.0783. The molecule has 0 N–H and O–H groups in total. The highest BCUT2D eigenvalue weighted by Gasteiger charge is 2.37. The number of hydrogen-bond acceptors (Lipinski definition) is 6. The van der Waals surface area contributed by atoms with E-state index in [4.69, 9.17) is 0 Å². The van der Waals surface area contributed by atoms with Crippen molar-refractivity contribution < 1.29 is 13.2 Å². The predicted molar refractivity (Wildman–Crippen MR) is 121 cm³/mol. The molecule has 2 aromatic heterocycles. The second-order valence-electron chi connectivity index (χ2n) is 8.28. The molecule has 3 aromatic rings. The predicted octanol–water partition coefficient (Wildman–Crippen LogP) is 2.44. The molecule has 1 aliphatic heterocycles. The number of fused-ring (bicyclic) bond motifs is 1. The molecule has 0 saturated heterocycles. The van der Waals surface area contributed by atoms with Crippen LogP contribution in [0.3, 0.4) is 0 Å². The zero-order valence-electron chi connectivity index (χ0n) is 18.5. The van der Waals surface area contributed by atoms with Gasteiger partial charge in [-0.3, -0.25) is 18.8 Å². The maximum Gasteiger partial charge on any atom is 0.253 e. The lowest BCUT2D eigenvalue weighted by Crippen LogP contribution is -2.29. The van der Waals surface area contributed by atoms with E-state index in [9.17, 15) is 13.2 Å². The Kier molecular flexibility index (Phi) is 5.72. The Bertz CT molecular complexity index is 1240. The van der Waals surface area contributed by atoms with Gasteiger partial charge in [0.1, 0.15) is 6.33 Å². The molecule has 1 aromatic carbocycles. The highest BCUT2D eigenvalue weighted by atomic mass is 32.2. The Balaban J connectivity index is 1.69. The number of benzene rings is 1. The molecule has 9 nitrogen and oxygen atoms in total. The van der Waals surface area contributed by atoms with Gasteiger partial charge in [0, 0.05) is 31.4 Å². The highest BCUT2D eigenvalue weighted by molar-refractivity contribution is 7.92. The van der Waals surface area contributed by atoms with Crippen LogP contribution in [0, 0.1) is 0 Å². The van der Waals surface area contributed by atoms with Gasteiger partial charge >= 0.3 is 0 Å². The fraction of sp³-hybridized carbons (Fsp3) is 0.364. The number of anilines is 1. The molecule has 0 radical (unpaired) electrons. The maximum absolute atomic E-state index is 13.1. The van der Waals surface area contributed by atoms with Crippen LogP contribution >= 0.6 is 0 Å². The molecule has 0 fully saturated rings. The summed E-state index contributed by atoms with van der Waals surface area (Å²) in [5.41, 5.74) is 2.55. The van der Waals surface area contributed by atoms with E-state index in [1.165, 1.54) is 10.6 Å². The molecular weight excluding hydrogens is 428 g/mol. The fourth-order valence-corrected chi connectivity index (χ4v) is 4.76. The van der Waals surface area contributed by atoms with Crippen molar-refractivity contribution in [3.8, 4) is 0 Å². The largest absolute Gasteiger partial charge is 0.336 e. The maximum atomic E-state index is 13.1. The van der Waals surface area contributed by atoms with Crippen LogP contribution in [0.2, 0.25) is 0 Å². The monoisotopic (exact) mass is 454 g/mol. The highest BCUT2D eigenvalue weighted by Crippen LogP contribution is 2.41. The van der Waals surface area contributed by atoms with Crippen LogP contribution in [0.5, 0.6) is 0 Å². The van der Waals surface area contributed by atoms with E-state index in [-0.39, 0.29) is 24.4 Å². The first-order valence-corrected chi connectivity index (χ1v) is 12.2. The van der Waals surface area contributed by atoms with Gasteiger partial charge in [0.25, 0.3) is 5.91 Å². The molecule has 32 heavy (non-hydrogen) atoms. The average Bonchev–Trinajstić information content (AvgIpc) is 3.38. The van der Waals surface area contributed by atoms with Crippen LogP contribution in [0.4, 0.5) is 5.69 Å². The molecule has 1 amide bonds. The number of rotatable bonds is 6. The van der Waals surface area contributed by atoms with Gasteiger partial charge in [0.15, 0.2) is 5.82 Å². The summed E-state index contributed by atoms with van der Waals surface area (Å²) < 4.78 is 27.9. The molecule has 0 saturated carbocycles. The van der Waals surface area contributed by atoms with E-state index < -0.39 is 10.0 Å². The van der Waals surface area contributed by atoms with Gasteiger partial charge < -0.3 is 4.90 Å². The van der Waals surface area contributed by atoms with Gasteiger partial charge in [-0.25, -0.2) is 13.4 Å². The van der Waals surface area contributed by atoms with Crippen molar-refractivity contribution in [2.75, 3.05) is 24.2 Å². The van der Waals surface area contributed by atoms with E-state index in [2.05, 4.69) is 15.1 Å². The van der Waals surface area contributed by atoms with Gasteiger partial charge in [0.2, 0.25) is 10.0 Å². The normalized spacial score (nSPS) is 15.8. The zero-order chi connectivity index (χ0) is 23.0. The minimum atomic E-state index is -3.49. The number of aromatic nitrogens is 4. The second kappa shape index (κ2) is 8.34. The third-order valence-corrected chi connectivity index (χ3v) is 6.65. The molecule has 1 aliphatic rings. The van der Waals surface area contributed by atoms with Crippen molar-refractivity contribution in [1.82, 2.24) is 24.6 Å². The molecule has 3 heterocycles. The molecular formula is C22H26N6O3S. The van der Waals surface area contributed by atoms with Gasteiger partial charge in [-0.05, 0) is 49.7 Å². The summed E-state index contributed by atoms with van der Waals surface area (Å²) in [6, 6.07) is 10.8. The Morgan fingerprint density at radius 1 is 1.22 bits per heavy atom. The van der Waals surface area contributed by atoms with Crippen molar-refractivity contribution in [1.29, 1.82) is 0 Å². The van der Waals surface area contributed by atoms with Crippen LogP contribution in [0.1, 0.15) is 53.2 Å². The summed E-state index contributed by atoms with van der Waals surface area (Å²) in [7, 11) is -1.77. The van der Waals surface area contributed by atoms with Crippen LogP contribution < -0.4 is 4.31 Å². The van der Waals surface area contributed by atoms with Crippen LogP contribution in [0.15, 0.2) is 48.9 Å². The third-order valence-electron chi connectivity index (χ3n) is 5.51. The number of carbonyl (C=O) groups excluding carboxylic acids is 1. The van der Waals surface area contributed by atoms with Crippen molar-refractivity contribution in [2.24, 2.45) is 0 Å². The number of amides is 1. The first-order valence-electron chi connectivity index (χ1n) is 10.3. The van der Waals surface area contributed by atoms with Gasteiger partial charge in [0.05, 0.1) is 30.1 Å². The smallest absolute Gasteiger partial charge is 0.253 e. The van der Waals surface area contributed by atoms with Gasteiger partial charge in [-0.15, -0.1) is 0 Å². The van der Waals surface area contributed by atoms with Crippen LogP contribution in [-0.2, 0) is 16.6 Å². The van der Waals surface area contributed by atoms with E-state index in [0.717, 1.165) is 11.3 Å². The Morgan fingerprint density at radius 2 is 2.00 bits per heavy atom. The minimum Gasteiger partial charge on any atom is -0.336 e. The fourth-order valence-electron chi connectivity index (χ4n) is 3.81. The van der Waals surface area contributed by atoms with Gasteiger partial charge in [-0.1, -0.05) is 6.07 Å². The first-order chi connectivity index (χ1) is 15.1. The van der Waals surface area contributed by atoms with E-state index in [1.807, 2.05) is 32.0 Å². The van der Waals surface area contributed by atoms with E-state index in [1.54, 1.807) is 47.4 Å². The second-order valence-corrected chi connectivity index (χ2v) is 10.2. The molecule has 0 aliphatic carbocycles. The summed E-state index contributed by atoms with van der Waals surface area (Å²) in [4.78, 5) is 23.4. The lowest BCUT2D eigenvalue weighted by atomic mass is 9.98. The van der Waals surface area contributed by atoms with Crippen molar-refractivity contribution >= 4 is 21.6 Å². The summed E-state index contributed by atoms with van der Waals surface area (Å²) in [5.74, 6) is 0.0155. The minimum absolute atomic E-state index is 0.135. The molecule has 0 spiro atoms. The third kappa shape index (κ3) is 4.22. The summed E-state index contributed by atoms with van der Waals surface area (Å²) in [6.07, 6.45) is 4.52. The van der Waals surface area contributed by atoms with E-state index >= 15 is 0 Å². The molecule has 4 rings (SSSR count). The molecule has 10 heteroatoms. The van der Waals surface area contributed by atoms with E-state index in [0.29, 0.717) is 23.6 Å². The quantitative estimate of drug-likeness (QED) is 0.567. The summed E-state index contributed by atoms with van der Waals surface area (Å²) in [6.45, 7) is 4.57. The van der Waals surface area contributed by atoms with Gasteiger partial charge in [-0.2, -0.15) is 5.10 Å². The molecule has 0 bridgehead atoms. The number of hydrogen-bond donors (Lipinski definition) is 0. The average molecular weight is 455 g/mol. The zero-order valence-corrected chi connectivity index (χ0v) is 19.3. The Morgan fingerprint density at radius 3 is 2.62 bits per heavy atom. The molecule has 1 atom stereocenters. The summed E-state index contributed by atoms with van der Waals surface area (Å²) >= 11 is 0. The topological polar surface area (TPSA) is 101 Å². The standard InChI is InChI=1S/C22H26N6O3S/c1-15(2)27-14-24-21(25-27)19-13-28(32(4,30)31)20-9-8-16(11-18(19)20)22(29)26(3)12-17-7-5-6-10-23-17/h5-11,14-15,19H,12-13H2,1-4H3. The van der Waals surface area contributed by atoms with Crippen molar-refractivity contribution in [3.63, 3.8) is 0 Å². The number of pyridine rings is 1. The van der Waals surface area contributed by atoms with Crippen LogP contribution in [0.25, 0.3) is 0 Å². The number of sulfonamides is 1. The Hall–Kier alpha value is -3.27. The number of carbonyl (C=O) groups is 1. The SMILES string of the molecule is CC(C)n1cnc(C2CN(S(C)(=O)=O)c3ccc(C(=O)N(C)Cc4ccccn4)cc32)n1. The lowest BCUT2D eigenvalue weighted by Gasteiger charge is -2.18.